The number of carbonyl (C=O) groups excluding carboxylic acids is 1. The zero-order valence-corrected chi connectivity index (χ0v) is 21.7. The molecule has 0 saturated heterocycles. The summed E-state index contributed by atoms with van der Waals surface area (Å²) in [7, 11) is 3.57. The Labute approximate surface area is 207 Å². The van der Waals surface area contributed by atoms with Crippen molar-refractivity contribution in [1.82, 2.24) is 19.7 Å². The highest BCUT2D eigenvalue weighted by Crippen LogP contribution is 2.31. The van der Waals surface area contributed by atoms with E-state index < -0.39 is 5.97 Å². The molecule has 1 N–H and O–H groups in total. The molecule has 9 heteroatoms. The largest absolute Gasteiger partial charge is 0.489 e. The normalized spacial score (nSPS) is 18.2. The van der Waals surface area contributed by atoms with E-state index in [2.05, 4.69) is 12.0 Å². The lowest BCUT2D eigenvalue weighted by atomic mass is 9.87. The SMILES string of the molecule is CCCC(C)(C)N(C)C(=O)OCc1c(-c2ccc(O[C@H]3CCC[C@H](C(=O)O)C3)c(C)n2)cnn1C. The van der Waals surface area contributed by atoms with Crippen molar-refractivity contribution >= 4 is 12.1 Å². The van der Waals surface area contributed by atoms with Crippen molar-refractivity contribution in [2.45, 2.75) is 84.5 Å². The Morgan fingerprint density at radius 1 is 1.29 bits per heavy atom. The van der Waals surface area contributed by atoms with Crippen molar-refractivity contribution < 1.29 is 24.2 Å². The van der Waals surface area contributed by atoms with Crippen LogP contribution in [0.5, 0.6) is 5.75 Å². The molecule has 1 aliphatic rings. The molecule has 0 radical (unpaired) electrons. The first-order valence-electron chi connectivity index (χ1n) is 12.3. The fourth-order valence-electron chi connectivity index (χ4n) is 4.58. The lowest BCUT2D eigenvalue weighted by Crippen LogP contribution is -2.45. The van der Waals surface area contributed by atoms with Crippen LogP contribution in [0.2, 0.25) is 0 Å². The molecule has 1 fully saturated rings. The molecule has 192 valence electrons. The van der Waals surface area contributed by atoms with Crippen LogP contribution in [-0.2, 0) is 23.2 Å². The van der Waals surface area contributed by atoms with Crippen LogP contribution in [0.1, 0.15) is 70.7 Å². The predicted octanol–water partition coefficient (Wildman–Crippen LogP) is 4.96. The second-order valence-corrected chi connectivity index (χ2v) is 10.0. The molecule has 0 unspecified atom stereocenters. The molecule has 2 heterocycles. The number of aryl methyl sites for hydroxylation is 2. The van der Waals surface area contributed by atoms with Gasteiger partial charge in [0.25, 0.3) is 0 Å². The molecule has 0 aromatic carbocycles. The van der Waals surface area contributed by atoms with Crippen molar-refractivity contribution in [3.63, 3.8) is 0 Å². The van der Waals surface area contributed by atoms with Gasteiger partial charge in [0.2, 0.25) is 0 Å². The van der Waals surface area contributed by atoms with Gasteiger partial charge in [0.1, 0.15) is 12.4 Å². The van der Waals surface area contributed by atoms with Gasteiger partial charge in [0, 0.05) is 25.2 Å². The second kappa shape index (κ2) is 11.1. The molecule has 3 rings (SSSR count). The van der Waals surface area contributed by atoms with Gasteiger partial charge in [-0.2, -0.15) is 5.10 Å². The standard InChI is InChI=1S/C26H38N4O5/c1-7-13-26(3,4)29(5)25(33)34-16-22-20(15-27-30(22)6)21-11-12-23(17(2)28-21)35-19-10-8-9-18(14-19)24(31)32/h11-12,15,18-19H,7-10,13-14,16H2,1-6H3,(H,31,32)/t18-,19-/m0/s1. The Bertz CT molecular complexity index is 1050. The number of hydrogen-bond acceptors (Lipinski definition) is 6. The van der Waals surface area contributed by atoms with E-state index in [4.69, 9.17) is 14.5 Å². The monoisotopic (exact) mass is 486 g/mol. The van der Waals surface area contributed by atoms with Gasteiger partial charge < -0.3 is 19.5 Å². The zero-order chi connectivity index (χ0) is 25.8. The summed E-state index contributed by atoms with van der Waals surface area (Å²) in [5.41, 5.74) is 2.66. The Morgan fingerprint density at radius 3 is 2.69 bits per heavy atom. The summed E-state index contributed by atoms with van der Waals surface area (Å²) >= 11 is 0. The maximum absolute atomic E-state index is 12.7. The summed E-state index contributed by atoms with van der Waals surface area (Å²) in [5.74, 6) is -0.455. The number of carbonyl (C=O) groups is 2. The second-order valence-electron chi connectivity index (χ2n) is 10.0. The van der Waals surface area contributed by atoms with Crippen molar-refractivity contribution in [2.24, 2.45) is 13.0 Å². The van der Waals surface area contributed by atoms with Crippen LogP contribution in [0, 0.1) is 12.8 Å². The maximum Gasteiger partial charge on any atom is 0.410 e. The molecule has 2 atom stereocenters. The van der Waals surface area contributed by atoms with E-state index >= 15 is 0 Å². The van der Waals surface area contributed by atoms with Gasteiger partial charge >= 0.3 is 12.1 Å². The fourth-order valence-corrected chi connectivity index (χ4v) is 4.58. The number of rotatable bonds is 9. The fraction of sp³-hybridized carbons (Fsp3) is 0.615. The maximum atomic E-state index is 12.7. The van der Waals surface area contributed by atoms with Crippen LogP contribution in [0.3, 0.4) is 0 Å². The molecule has 9 nitrogen and oxygen atoms in total. The van der Waals surface area contributed by atoms with Gasteiger partial charge in [0.05, 0.1) is 35.3 Å². The van der Waals surface area contributed by atoms with Crippen LogP contribution in [0.15, 0.2) is 18.3 Å². The molecule has 2 aromatic heterocycles. The number of hydrogen-bond donors (Lipinski definition) is 1. The third-order valence-electron chi connectivity index (χ3n) is 7.02. The minimum Gasteiger partial charge on any atom is -0.489 e. The molecule has 0 aliphatic heterocycles. The van der Waals surface area contributed by atoms with E-state index in [0.717, 1.165) is 36.9 Å². The molecule has 0 spiro atoms. The molecule has 1 amide bonds. The molecule has 35 heavy (non-hydrogen) atoms. The summed E-state index contributed by atoms with van der Waals surface area (Å²) in [6, 6.07) is 3.73. The Kier molecular flexibility index (Phi) is 8.40. The Hall–Kier alpha value is -3.10. The van der Waals surface area contributed by atoms with Crippen LogP contribution in [0.4, 0.5) is 4.79 Å². The molecule has 1 saturated carbocycles. The lowest BCUT2D eigenvalue weighted by molar-refractivity contribution is -0.143. The average molecular weight is 487 g/mol. The molecular formula is C26H38N4O5. The quantitative estimate of drug-likeness (QED) is 0.534. The average Bonchev–Trinajstić information content (AvgIpc) is 3.18. The number of aromatic nitrogens is 3. The highest BCUT2D eigenvalue weighted by molar-refractivity contribution is 5.70. The van der Waals surface area contributed by atoms with E-state index in [1.165, 1.54) is 0 Å². The van der Waals surface area contributed by atoms with Crippen LogP contribution in [0.25, 0.3) is 11.3 Å². The first-order chi connectivity index (χ1) is 16.5. The minimum absolute atomic E-state index is 0.0782. The van der Waals surface area contributed by atoms with Gasteiger partial charge in [-0.25, -0.2) is 9.78 Å². The third-order valence-corrected chi connectivity index (χ3v) is 7.02. The van der Waals surface area contributed by atoms with E-state index in [0.29, 0.717) is 30.0 Å². The summed E-state index contributed by atoms with van der Waals surface area (Å²) < 4.78 is 13.5. The number of aliphatic carboxylic acids is 1. The van der Waals surface area contributed by atoms with Crippen molar-refractivity contribution in [3.8, 4) is 17.0 Å². The summed E-state index contributed by atoms with van der Waals surface area (Å²) in [4.78, 5) is 30.4. The van der Waals surface area contributed by atoms with E-state index in [9.17, 15) is 14.7 Å². The van der Waals surface area contributed by atoms with Crippen molar-refractivity contribution in [3.05, 3.63) is 29.7 Å². The highest BCUT2D eigenvalue weighted by atomic mass is 16.6. The minimum atomic E-state index is -0.756. The van der Waals surface area contributed by atoms with E-state index in [1.807, 2.05) is 40.0 Å². The Balaban J connectivity index is 1.71. The van der Waals surface area contributed by atoms with E-state index in [-0.39, 0.29) is 30.3 Å². The number of ether oxygens (including phenoxy) is 2. The van der Waals surface area contributed by atoms with Crippen molar-refractivity contribution in [1.29, 1.82) is 0 Å². The number of amides is 1. The molecule has 1 aliphatic carbocycles. The Morgan fingerprint density at radius 2 is 2.03 bits per heavy atom. The molecule has 0 bridgehead atoms. The first kappa shape index (κ1) is 26.5. The topological polar surface area (TPSA) is 107 Å². The lowest BCUT2D eigenvalue weighted by Gasteiger charge is -2.34. The summed E-state index contributed by atoms with van der Waals surface area (Å²) in [5, 5.41) is 13.7. The number of pyridine rings is 1. The number of carboxylic acids is 1. The van der Waals surface area contributed by atoms with Gasteiger partial charge in [-0.05, 0) is 65.0 Å². The smallest absolute Gasteiger partial charge is 0.410 e. The number of carboxylic acid groups (broad SMARTS) is 1. The number of nitrogens with zero attached hydrogens (tertiary/aromatic N) is 4. The third kappa shape index (κ3) is 6.32. The molecular weight excluding hydrogens is 448 g/mol. The van der Waals surface area contributed by atoms with Gasteiger partial charge in [-0.15, -0.1) is 0 Å². The van der Waals surface area contributed by atoms with Crippen LogP contribution < -0.4 is 4.74 Å². The van der Waals surface area contributed by atoms with Gasteiger partial charge in [-0.3, -0.25) is 9.48 Å². The summed E-state index contributed by atoms with van der Waals surface area (Å²) in [6.45, 7) is 8.10. The predicted molar refractivity (Wildman–Crippen MR) is 132 cm³/mol. The first-order valence-corrected chi connectivity index (χ1v) is 12.3. The van der Waals surface area contributed by atoms with Gasteiger partial charge in [-0.1, -0.05) is 13.3 Å². The van der Waals surface area contributed by atoms with Crippen LogP contribution >= 0.6 is 0 Å². The van der Waals surface area contributed by atoms with E-state index in [1.54, 1.807) is 22.8 Å². The van der Waals surface area contributed by atoms with Gasteiger partial charge in [0.15, 0.2) is 0 Å². The highest BCUT2D eigenvalue weighted by Gasteiger charge is 2.29. The van der Waals surface area contributed by atoms with Crippen molar-refractivity contribution in [2.75, 3.05) is 7.05 Å². The summed E-state index contributed by atoms with van der Waals surface area (Å²) in [6.07, 6.45) is 5.96. The van der Waals surface area contributed by atoms with Crippen LogP contribution in [-0.4, -0.2) is 55.5 Å². The molecule has 2 aromatic rings. The zero-order valence-electron chi connectivity index (χ0n) is 21.7.